The van der Waals surface area contributed by atoms with Gasteiger partial charge in [0.2, 0.25) is 5.91 Å². The molecule has 1 aliphatic rings. The van der Waals surface area contributed by atoms with Crippen molar-refractivity contribution in [3.63, 3.8) is 0 Å². The lowest BCUT2D eigenvalue weighted by molar-refractivity contribution is -0.128. The first-order valence-corrected chi connectivity index (χ1v) is 14.5. The van der Waals surface area contributed by atoms with E-state index in [1.807, 2.05) is 0 Å². The van der Waals surface area contributed by atoms with Gasteiger partial charge in [0.15, 0.2) is 0 Å². The van der Waals surface area contributed by atoms with Gasteiger partial charge in [0.1, 0.15) is 0 Å². The van der Waals surface area contributed by atoms with E-state index in [4.69, 9.17) is 43.0 Å². The Morgan fingerprint density at radius 3 is 1.61 bits per heavy atom. The van der Waals surface area contributed by atoms with E-state index in [1.165, 1.54) is 11.9 Å². The normalized spacial score (nSPS) is 15.7. The zero-order valence-corrected chi connectivity index (χ0v) is 25.1. The van der Waals surface area contributed by atoms with Gasteiger partial charge in [0.25, 0.3) is 0 Å². The predicted octanol–water partition coefficient (Wildman–Crippen LogP) is 0.330. The van der Waals surface area contributed by atoms with E-state index >= 15 is 0 Å². The van der Waals surface area contributed by atoms with Gasteiger partial charge in [-0.05, 0) is 19.4 Å². The van der Waals surface area contributed by atoms with Crippen LogP contribution in [0.25, 0.3) is 0 Å². The number of nitrogens with one attached hydrogen (secondary N) is 1. The smallest absolute Gasteiger partial charge is 0.407 e. The molecular weight excluding hydrogens is 542 g/mol. The van der Waals surface area contributed by atoms with E-state index in [-0.39, 0.29) is 11.9 Å². The van der Waals surface area contributed by atoms with Crippen molar-refractivity contribution in [3.05, 3.63) is 0 Å². The number of amides is 2. The molecule has 2 N–H and O–H groups in total. The molecule has 1 saturated heterocycles. The number of ether oxygens (including phenoxy) is 8. The number of nitrogens with zero attached hydrogens (tertiary/aromatic N) is 2. The van der Waals surface area contributed by atoms with E-state index in [0.717, 1.165) is 25.8 Å². The van der Waals surface area contributed by atoms with Crippen LogP contribution in [-0.2, 0) is 42.7 Å². The molecule has 0 aromatic carbocycles. The summed E-state index contributed by atoms with van der Waals surface area (Å²) in [6.07, 6.45) is 1.83. The molecule has 14 nitrogen and oxygen atoms in total. The van der Waals surface area contributed by atoms with E-state index in [2.05, 4.69) is 10.2 Å². The number of rotatable bonds is 28. The number of piperidine rings is 1. The monoisotopic (exact) mass is 595 g/mol. The van der Waals surface area contributed by atoms with Crippen LogP contribution in [-0.4, -0.2) is 172 Å². The van der Waals surface area contributed by atoms with Crippen molar-refractivity contribution >= 4 is 12.0 Å². The second-order valence-corrected chi connectivity index (χ2v) is 9.32. The quantitative estimate of drug-likeness (QED) is 0.120. The van der Waals surface area contributed by atoms with Gasteiger partial charge in [0.05, 0.1) is 105 Å². The van der Waals surface area contributed by atoms with E-state index in [1.54, 1.807) is 7.11 Å². The van der Waals surface area contributed by atoms with Crippen LogP contribution in [0.3, 0.4) is 0 Å². The Labute approximate surface area is 244 Å². The minimum absolute atomic E-state index is 0.0303. The summed E-state index contributed by atoms with van der Waals surface area (Å²) in [7, 11) is 3.18. The summed E-state index contributed by atoms with van der Waals surface area (Å²) in [6, 6.07) is -0.221. The molecule has 1 atom stereocenters. The first-order chi connectivity index (χ1) is 20.1. The molecule has 14 heteroatoms. The molecular formula is C27H53N3O11. The van der Waals surface area contributed by atoms with Gasteiger partial charge in [0, 0.05) is 33.8 Å². The van der Waals surface area contributed by atoms with Crippen LogP contribution >= 0.6 is 0 Å². The maximum Gasteiger partial charge on any atom is 0.407 e. The number of hydrogen-bond donors (Lipinski definition) is 2. The number of carboxylic acid groups (broad SMARTS) is 1. The van der Waals surface area contributed by atoms with Crippen molar-refractivity contribution in [1.82, 2.24) is 15.1 Å². The van der Waals surface area contributed by atoms with Crippen LogP contribution in [0.5, 0.6) is 0 Å². The molecule has 0 bridgehead atoms. The third-order valence-corrected chi connectivity index (χ3v) is 6.17. The van der Waals surface area contributed by atoms with Gasteiger partial charge in [-0.25, -0.2) is 4.79 Å². The molecule has 2 amide bonds. The van der Waals surface area contributed by atoms with E-state index in [0.29, 0.717) is 119 Å². The second-order valence-electron chi connectivity index (χ2n) is 9.32. The molecule has 0 aromatic rings. The van der Waals surface area contributed by atoms with Crippen LogP contribution in [0.2, 0.25) is 0 Å². The summed E-state index contributed by atoms with van der Waals surface area (Å²) < 4.78 is 42.9. The highest BCUT2D eigenvalue weighted by Gasteiger charge is 2.28. The topological polar surface area (TPSA) is 147 Å². The molecule has 0 spiro atoms. The zero-order chi connectivity index (χ0) is 29.8. The first kappa shape index (κ1) is 37.4. The largest absolute Gasteiger partial charge is 0.465 e. The van der Waals surface area contributed by atoms with E-state index in [9.17, 15) is 9.59 Å². The lowest BCUT2D eigenvalue weighted by Crippen LogP contribution is -2.51. The Morgan fingerprint density at radius 1 is 0.732 bits per heavy atom. The lowest BCUT2D eigenvalue weighted by Gasteiger charge is -2.35. The first-order valence-electron chi connectivity index (χ1n) is 14.5. The number of carbonyl (C=O) groups is 2. The Kier molecular flexibility index (Phi) is 24.8. The third-order valence-electron chi connectivity index (χ3n) is 6.17. The highest BCUT2D eigenvalue weighted by Crippen LogP contribution is 2.17. The van der Waals surface area contributed by atoms with Crippen LogP contribution < -0.4 is 5.32 Å². The maximum absolute atomic E-state index is 12.6. The molecule has 1 fully saturated rings. The van der Waals surface area contributed by atoms with Gasteiger partial charge < -0.3 is 53.2 Å². The molecule has 1 heterocycles. The van der Waals surface area contributed by atoms with Gasteiger partial charge in [-0.3, -0.25) is 9.69 Å². The zero-order valence-electron chi connectivity index (χ0n) is 25.1. The Balaban J connectivity index is 1.82. The summed E-state index contributed by atoms with van der Waals surface area (Å²) in [6.45, 7) is 9.64. The van der Waals surface area contributed by atoms with Crippen molar-refractivity contribution in [2.45, 2.75) is 25.3 Å². The lowest BCUT2D eigenvalue weighted by atomic mass is 10.0. The van der Waals surface area contributed by atoms with Crippen molar-refractivity contribution in [1.29, 1.82) is 0 Å². The highest BCUT2D eigenvalue weighted by atomic mass is 16.6. The minimum atomic E-state index is -0.963. The average Bonchev–Trinajstić information content (AvgIpc) is 2.98. The number of carbonyl (C=O) groups excluding carboxylic acids is 1. The standard InChI is InChI=1S/C27H53N3O11/c1-29(27(32)33)8-9-30-7-4-3-5-25(30)26(31)28-6-10-35-13-14-37-17-18-39-21-22-41-24-23-40-20-19-38-16-15-36-12-11-34-2/h25H,3-24H2,1-2H3,(H,28,31)(H,32,33). The van der Waals surface area contributed by atoms with Crippen LogP contribution in [0.15, 0.2) is 0 Å². The van der Waals surface area contributed by atoms with Crippen LogP contribution in [0, 0.1) is 0 Å². The molecule has 0 radical (unpaired) electrons. The Bertz CT molecular complexity index is 633. The minimum Gasteiger partial charge on any atom is -0.465 e. The molecule has 242 valence electrons. The summed E-state index contributed by atoms with van der Waals surface area (Å²) >= 11 is 0. The number of likely N-dealkylation sites (tertiary alicyclic amines) is 1. The van der Waals surface area contributed by atoms with Crippen LogP contribution in [0.4, 0.5) is 4.79 Å². The molecule has 0 saturated carbocycles. The number of hydrogen-bond acceptors (Lipinski definition) is 11. The van der Waals surface area contributed by atoms with Crippen molar-refractivity contribution in [2.24, 2.45) is 0 Å². The SMILES string of the molecule is COCCOCCOCCOCCOCCOCCOCCOCCNC(=O)C1CCCCN1CCN(C)C(=O)O. The van der Waals surface area contributed by atoms with Gasteiger partial charge in [-0.2, -0.15) is 0 Å². The number of methoxy groups -OCH3 is 1. The van der Waals surface area contributed by atoms with Crippen molar-refractivity contribution in [3.8, 4) is 0 Å². The molecule has 0 aliphatic carbocycles. The fraction of sp³-hybridized carbons (Fsp3) is 0.926. The average molecular weight is 596 g/mol. The number of likely N-dealkylation sites (N-methyl/N-ethyl adjacent to an activating group) is 1. The summed E-state index contributed by atoms with van der Waals surface area (Å²) in [5, 5.41) is 11.9. The Morgan fingerprint density at radius 2 is 1.17 bits per heavy atom. The fourth-order valence-electron chi connectivity index (χ4n) is 3.86. The van der Waals surface area contributed by atoms with Crippen LogP contribution in [0.1, 0.15) is 19.3 Å². The maximum atomic E-state index is 12.6. The van der Waals surface area contributed by atoms with Gasteiger partial charge in [-0.1, -0.05) is 6.42 Å². The summed E-state index contributed by atoms with van der Waals surface area (Å²) in [4.78, 5) is 26.9. The molecule has 1 aliphatic heterocycles. The molecule has 1 unspecified atom stereocenters. The second kappa shape index (κ2) is 27.2. The Hall–Kier alpha value is -1.62. The van der Waals surface area contributed by atoms with Gasteiger partial charge in [-0.15, -0.1) is 0 Å². The van der Waals surface area contributed by atoms with Crippen molar-refractivity contribution < 1.29 is 52.6 Å². The molecule has 41 heavy (non-hydrogen) atoms. The summed E-state index contributed by atoms with van der Waals surface area (Å²) in [5.41, 5.74) is 0. The van der Waals surface area contributed by atoms with Gasteiger partial charge >= 0.3 is 6.09 Å². The van der Waals surface area contributed by atoms with Crippen molar-refractivity contribution in [2.75, 3.05) is 139 Å². The fourth-order valence-corrected chi connectivity index (χ4v) is 3.86. The predicted molar refractivity (Wildman–Crippen MR) is 150 cm³/mol. The molecule has 1 rings (SSSR count). The summed E-state index contributed by atoms with van der Waals surface area (Å²) in [5.74, 6) is -0.0303. The highest BCUT2D eigenvalue weighted by molar-refractivity contribution is 5.81. The van der Waals surface area contributed by atoms with E-state index < -0.39 is 6.09 Å². The third kappa shape index (κ3) is 21.7. The molecule has 0 aromatic heterocycles.